The second-order valence-corrected chi connectivity index (χ2v) is 9.91. The van der Waals surface area contributed by atoms with Crippen LogP contribution >= 0.6 is 0 Å². The molecule has 2 N–H and O–H groups in total. The van der Waals surface area contributed by atoms with Gasteiger partial charge >= 0.3 is 7.12 Å². The van der Waals surface area contributed by atoms with E-state index in [0.29, 0.717) is 17.9 Å². The molecule has 6 nitrogen and oxygen atoms in total. The van der Waals surface area contributed by atoms with Crippen LogP contribution in [0.3, 0.4) is 0 Å². The van der Waals surface area contributed by atoms with E-state index in [1.807, 2.05) is 36.4 Å². The van der Waals surface area contributed by atoms with Crippen LogP contribution in [0.5, 0.6) is 5.88 Å². The average molecular weight is 429 g/mol. The molecule has 2 aromatic rings. The molecule has 0 bridgehead atoms. The summed E-state index contributed by atoms with van der Waals surface area (Å²) in [6, 6.07) is 13.4. The van der Waals surface area contributed by atoms with E-state index in [1.165, 1.54) is 0 Å². The number of aliphatic hydroxyl groups is 2. The number of hydrogen-bond donors (Lipinski definition) is 2. The number of nitrogens with zero attached hydrogens (tertiary/aromatic N) is 1. The fourth-order valence-corrected chi connectivity index (χ4v) is 2.33. The summed E-state index contributed by atoms with van der Waals surface area (Å²) in [5.74, 6) is 0.481. The monoisotopic (exact) mass is 429 g/mol. The molecule has 0 spiro atoms. The summed E-state index contributed by atoms with van der Waals surface area (Å²) in [5, 5.41) is 21.1. The molecule has 0 amide bonds. The predicted molar refractivity (Wildman–Crippen MR) is 123 cm³/mol. The molecule has 0 saturated heterocycles. The minimum Gasteiger partial charge on any atom is -0.473 e. The van der Waals surface area contributed by atoms with Gasteiger partial charge in [-0.3, -0.25) is 0 Å². The van der Waals surface area contributed by atoms with Crippen molar-refractivity contribution >= 4 is 12.6 Å². The third-order valence-corrected chi connectivity index (χ3v) is 6.01. The Balaban J connectivity index is 2.24. The maximum absolute atomic E-state index is 10.6. The standard InChI is InChI=1S/C24H36BNO5/c1-21(2,27)23(5,6)30-25(31-24(7,8)22(3,4)28)19-14-15-20(26-16-19)29-17-18-12-10-9-11-13-18/h9-16,27-28H,17H2,1-8H3. The van der Waals surface area contributed by atoms with E-state index in [2.05, 4.69) is 4.98 Å². The highest BCUT2D eigenvalue weighted by Crippen LogP contribution is 2.30. The van der Waals surface area contributed by atoms with Crippen LogP contribution in [0.25, 0.3) is 0 Å². The van der Waals surface area contributed by atoms with Gasteiger partial charge < -0.3 is 24.3 Å². The van der Waals surface area contributed by atoms with E-state index < -0.39 is 29.5 Å². The molecule has 31 heavy (non-hydrogen) atoms. The van der Waals surface area contributed by atoms with Gasteiger partial charge in [-0.2, -0.15) is 0 Å². The van der Waals surface area contributed by atoms with Crippen LogP contribution in [0.15, 0.2) is 48.7 Å². The molecule has 0 fully saturated rings. The highest BCUT2D eigenvalue weighted by Gasteiger charge is 2.45. The predicted octanol–water partition coefficient (Wildman–Crippen LogP) is 3.49. The maximum atomic E-state index is 10.6. The van der Waals surface area contributed by atoms with Gasteiger partial charge in [-0.15, -0.1) is 0 Å². The van der Waals surface area contributed by atoms with Gasteiger partial charge in [0.25, 0.3) is 0 Å². The van der Waals surface area contributed by atoms with Crippen molar-refractivity contribution in [3.8, 4) is 5.88 Å². The highest BCUT2D eigenvalue weighted by molar-refractivity contribution is 6.61. The second-order valence-electron chi connectivity index (χ2n) is 9.91. The maximum Gasteiger partial charge on any atom is 0.496 e. The van der Waals surface area contributed by atoms with Gasteiger partial charge in [0.2, 0.25) is 5.88 Å². The summed E-state index contributed by atoms with van der Waals surface area (Å²) in [6.07, 6.45) is 1.63. The minimum absolute atomic E-state index is 0.418. The zero-order valence-electron chi connectivity index (χ0n) is 20.0. The van der Waals surface area contributed by atoms with Crippen molar-refractivity contribution < 1.29 is 24.3 Å². The average Bonchev–Trinajstić information content (AvgIpc) is 2.65. The summed E-state index contributed by atoms with van der Waals surface area (Å²) in [7, 11) is -0.862. The van der Waals surface area contributed by atoms with Crippen molar-refractivity contribution in [2.75, 3.05) is 0 Å². The van der Waals surface area contributed by atoms with Crippen molar-refractivity contribution in [1.82, 2.24) is 4.98 Å². The van der Waals surface area contributed by atoms with Crippen molar-refractivity contribution in [3.05, 3.63) is 54.2 Å². The molecule has 1 heterocycles. The Kier molecular flexibility index (Phi) is 7.59. The zero-order chi connectivity index (χ0) is 23.5. The van der Waals surface area contributed by atoms with E-state index in [1.54, 1.807) is 67.7 Å². The van der Waals surface area contributed by atoms with E-state index >= 15 is 0 Å². The Bertz CT molecular complexity index is 796. The first-order valence-electron chi connectivity index (χ1n) is 10.6. The second kappa shape index (κ2) is 9.29. The lowest BCUT2D eigenvalue weighted by atomic mass is 9.74. The van der Waals surface area contributed by atoms with Gasteiger partial charge in [0.05, 0.1) is 22.4 Å². The third-order valence-electron chi connectivity index (χ3n) is 6.01. The molecule has 0 saturated carbocycles. The fourth-order valence-electron chi connectivity index (χ4n) is 2.33. The molecule has 0 radical (unpaired) electrons. The number of benzene rings is 1. The van der Waals surface area contributed by atoms with Crippen LogP contribution in [-0.2, 0) is 15.9 Å². The lowest BCUT2D eigenvalue weighted by molar-refractivity contribution is -0.132. The van der Waals surface area contributed by atoms with Crippen LogP contribution < -0.4 is 10.2 Å². The molecule has 0 atom stereocenters. The van der Waals surface area contributed by atoms with Gasteiger partial charge in [0.15, 0.2) is 0 Å². The van der Waals surface area contributed by atoms with Crippen molar-refractivity contribution in [2.24, 2.45) is 0 Å². The van der Waals surface area contributed by atoms with Gasteiger partial charge in [0.1, 0.15) is 6.61 Å². The van der Waals surface area contributed by atoms with Crippen LogP contribution in [0, 0.1) is 0 Å². The van der Waals surface area contributed by atoms with E-state index in [-0.39, 0.29) is 0 Å². The number of ether oxygens (including phenoxy) is 1. The normalized spacial score (nSPS) is 13.2. The molecule has 1 aromatic carbocycles. The first kappa shape index (κ1) is 25.3. The van der Waals surface area contributed by atoms with Crippen molar-refractivity contribution in [2.45, 2.75) is 84.4 Å². The smallest absolute Gasteiger partial charge is 0.473 e. The molecule has 1 aromatic heterocycles. The van der Waals surface area contributed by atoms with Crippen LogP contribution in [-0.4, -0.2) is 44.7 Å². The summed E-state index contributed by atoms with van der Waals surface area (Å²) >= 11 is 0. The Morgan fingerprint density at radius 3 is 1.71 bits per heavy atom. The Morgan fingerprint density at radius 1 is 0.774 bits per heavy atom. The highest BCUT2D eigenvalue weighted by atomic mass is 16.6. The van der Waals surface area contributed by atoms with Gasteiger partial charge in [0, 0.05) is 11.7 Å². The summed E-state index contributed by atoms with van der Waals surface area (Å²) < 4.78 is 18.2. The molecule has 0 aliphatic carbocycles. The van der Waals surface area contributed by atoms with E-state index in [4.69, 9.17) is 14.0 Å². The molecule has 0 aliphatic heterocycles. The molecular weight excluding hydrogens is 393 g/mol. The topological polar surface area (TPSA) is 81.0 Å². The zero-order valence-corrected chi connectivity index (χ0v) is 20.0. The summed E-state index contributed by atoms with van der Waals surface area (Å²) in [5.41, 5.74) is -2.41. The fraction of sp³-hybridized carbons (Fsp3) is 0.542. The van der Waals surface area contributed by atoms with Crippen LogP contribution in [0.4, 0.5) is 0 Å². The first-order chi connectivity index (χ1) is 14.1. The van der Waals surface area contributed by atoms with Crippen molar-refractivity contribution in [3.63, 3.8) is 0 Å². The number of pyridine rings is 1. The molecule has 0 unspecified atom stereocenters. The van der Waals surface area contributed by atoms with E-state index in [9.17, 15) is 10.2 Å². The lowest BCUT2D eigenvalue weighted by Gasteiger charge is -2.43. The minimum atomic E-state index is -1.13. The van der Waals surface area contributed by atoms with Gasteiger partial charge in [-0.25, -0.2) is 4.98 Å². The Morgan fingerprint density at radius 2 is 1.29 bits per heavy atom. The van der Waals surface area contributed by atoms with Gasteiger partial charge in [-0.1, -0.05) is 36.4 Å². The first-order valence-corrected chi connectivity index (χ1v) is 10.6. The molecule has 0 aliphatic rings. The summed E-state index contributed by atoms with van der Waals surface area (Å²) in [4.78, 5) is 4.39. The number of hydrogen-bond acceptors (Lipinski definition) is 6. The Hall–Kier alpha value is -1.93. The number of aromatic nitrogens is 1. The Labute approximate surface area is 186 Å². The molecular formula is C24H36BNO5. The molecule has 170 valence electrons. The van der Waals surface area contributed by atoms with Crippen LogP contribution in [0.1, 0.15) is 61.0 Å². The van der Waals surface area contributed by atoms with Crippen molar-refractivity contribution in [1.29, 1.82) is 0 Å². The van der Waals surface area contributed by atoms with Crippen LogP contribution in [0.2, 0.25) is 0 Å². The van der Waals surface area contributed by atoms with E-state index in [0.717, 1.165) is 5.56 Å². The third kappa shape index (κ3) is 6.78. The quantitative estimate of drug-likeness (QED) is 0.563. The lowest BCUT2D eigenvalue weighted by Crippen LogP contribution is -2.58. The molecule has 7 heteroatoms. The summed E-state index contributed by atoms with van der Waals surface area (Å²) in [6.45, 7) is 14.3. The molecule has 2 rings (SSSR count). The van der Waals surface area contributed by atoms with Gasteiger partial charge in [-0.05, 0) is 67.0 Å². The SMILES string of the molecule is CC(C)(O)C(C)(C)OB(OC(C)(C)C(C)(C)O)c1ccc(OCc2ccccc2)nc1. The largest absolute Gasteiger partial charge is 0.496 e. The number of rotatable bonds is 10.